The van der Waals surface area contributed by atoms with Gasteiger partial charge in [0.1, 0.15) is 5.82 Å². The molecule has 0 spiro atoms. The Hall–Kier alpha value is -1.46. The molecule has 2 rings (SSSR count). The second-order valence-electron chi connectivity index (χ2n) is 6.17. The van der Waals surface area contributed by atoms with Crippen LogP contribution in [0.4, 0.5) is 4.39 Å². The highest BCUT2D eigenvalue weighted by Gasteiger charge is 2.30. The highest BCUT2D eigenvalue weighted by Crippen LogP contribution is 2.21. The van der Waals surface area contributed by atoms with Crippen molar-refractivity contribution in [2.75, 3.05) is 40.4 Å². The first-order valence-electron chi connectivity index (χ1n) is 7.78. The molecule has 2 atom stereocenters. The van der Waals surface area contributed by atoms with Crippen LogP contribution in [0.3, 0.4) is 0 Å². The molecule has 0 saturated carbocycles. The lowest BCUT2D eigenvalue weighted by atomic mass is 9.96. The molecule has 0 radical (unpaired) electrons. The van der Waals surface area contributed by atoms with E-state index in [2.05, 4.69) is 11.8 Å². The Morgan fingerprint density at radius 1 is 1.36 bits per heavy atom. The minimum Gasteiger partial charge on any atom is -0.379 e. The molecular formula is C17H25FN2O2. The first-order chi connectivity index (χ1) is 10.5. The third kappa shape index (κ3) is 4.27. The maximum atomic E-state index is 13.0. The van der Waals surface area contributed by atoms with Gasteiger partial charge in [0, 0.05) is 24.1 Å². The molecule has 0 N–H and O–H groups in total. The molecule has 1 aliphatic heterocycles. The molecule has 0 bridgehead atoms. The largest absolute Gasteiger partial charge is 0.379 e. The molecule has 22 heavy (non-hydrogen) atoms. The van der Waals surface area contributed by atoms with Gasteiger partial charge in [0.2, 0.25) is 0 Å². The van der Waals surface area contributed by atoms with Gasteiger partial charge in [0.15, 0.2) is 0 Å². The quantitative estimate of drug-likeness (QED) is 0.855. The number of benzene rings is 1. The summed E-state index contributed by atoms with van der Waals surface area (Å²) < 4.78 is 18.7. The summed E-state index contributed by atoms with van der Waals surface area (Å²) in [6.07, 6.45) is 0.987. The van der Waals surface area contributed by atoms with Crippen LogP contribution < -0.4 is 0 Å². The van der Waals surface area contributed by atoms with Crippen molar-refractivity contribution < 1.29 is 13.9 Å². The molecule has 1 aliphatic rings. The lowest BCUT2D eigenvalue weighted by Crippen LogP contribution is -2.43. The Morgan fingerprint density at radius 3 is 2.68 bits per heavy atom. The average molecular weight is 308 g/mol. The molecule has 0 unspecified atom stereocenters. The summed E-state index contributed by atoms with van der Waals surface area (Å²) in [6, 6.07) is 5.86. The zero-order chi connectivity index (χ0) is 16.1. The molecule has 5 heteroatoms. The summed E-state index contributed by atoms with van der Waals surface area (Å²) in [5.74, 6) is -0.0604. The minimum atomic E-state index is -0.326. The molecule has 122 valence electrons. The van der Waals surface area contributed by atoms with Crippen LogP contribution >= 0.6 is 0 Å². The maximum Gasteiger partial charge on any atom is 0.254 e. The normalized spacial score (nSPS) is 22.7. The van der Waals surface area contributed by atoms with Crippen molar-refractivity contribution in [3.8, 4) is 0 Å². The Labute approximate surface area is 131 Å². The molecule has 1 saturated heterocycles. The van der Waals surface area contributed by atoms with Gasteiger partial charge in [-0.1, -0.05) is 0 Å². The second kappa shape index (κ2) is 7.70. The highest BCUT2D eigenvalue weighted by molar-refractivity contribution is 5.94. The Bertz CT molecular complexity index is 490. The van der Waals surface area contributed by atoms with Crippen molar-refractivity contribution in [2.24, 2.45) is 5.92 Å². The van der Waals surface area contributed by atoms with E-state index in [1.54, 1.807) is 12.1 Å². The summed E-state index contributed by atoms with van der Waals surface area (Å²) in [5, 5.41) is 0. The smallest absolute Gasteiger partial charge is 0.254 e. The van der Waals surface area contributed by atoms with E-state index in [1.165, 1.54) is 12.1 Å². The highest BCUT2D eigenvalue weighted by atomic mass is 19.1. The van der Waals surface area contributed by atoms with Gasteiger partial charge < -0.3 is 14.5 Å². The van der Waals surface area contributed by atoms with Crippen LogP contribution in [-0.4, -0.2) is 62.1 Å². The monoisotopic (exact) mass is 308 g/mol. The van der Waals surface area contributed by atoms with E-state index in [9.17, 15) is 9.18 Å². The van der Waals surface area contributed by atoms with E-state index in [1.807, 2.05) is 19.0 Å². The van der Waals surface area contributed by atoms with E-state index in [0.717, 1.165) is 13.0 Å². The summed E-state index contributed by atoms with van der Waals surface area (Å²) in [4.78, 5) is 16.7. The second-order valence-corrected chi connectivity index (χ2v) is 6.17. The van der Waals surface area contributed by atoms with Gasteiger partial charge in [-0.15, -0.1) is 0 Å². The van der Waals surface area contributed by atoms with Crippen LogP contribution in [0.5, 0.6) is 0 Å². The third-order valence-corrected chi connectivity index (χ3v) is 4.28. The topological polar surface area (TPSA) is 32.8 Å². The van der Waals surface area contributed by atoms with Crippen LogP contribution in [0.15, 0.2) is 24.3 Å². The van der Waals surface area contributed by atoms with Crippen molar-refractivity contribution in [1.82, 2.24) is 9.80 Å². The first-order valence-corrected chi connectivity index (χ1v) is 7.78. The molecule has 1 amide bonds. The Morgan fingerprint density at radius 2 is 2.05 bits per heavy atom. The van der Waals surface area contributed by atoms with Crippen molar-refractivity contribution in [3.05, 3.63) is 35.6 Å². The van der Waals surface area contributed by atoms with Crippen LogP contribution in [0.25, 0.3) is 0 Å². The number of carbonyl (C=O) groups excluding carboxylic acids is 1. The molecule has 4 nitrogen and oxygen atoms in total. The Balaban J connectivity index is 2.10. The van der Waals surface area contributed by atoms with Crippen molar-refractivity contribution in [1.29, 1.82) is 0 Å². The number of carbonyl (C=O) groups is 1. The van der Waals surface area contributed by atoms with Crippen molar-refractivity contribution >= 4 is 5.91 Å². The lowest BCUT2D eigenvalue weighted by molar-refractivity contribution is 0.0654. The van der Waals surface area contributed by atoms with E-state index in [4.69, 9.17) is 4.74 Å². The number of hydrogen-bond donors (Lipinski definition) is 0. The maximum absolute atomic E-state index is 13.0. The van der Waals surface area contributed by atoms with Gasteiger partial charge in [-0.2, -0.15) is 0 Å². The van der Waals surface area contributed by atoms with Crippen LogP contribution in [0.2, 0.25) is 0 Å². The molecule has 1 aromatic rings. The number of hydrogen-bond acceptors (Lipinski definition) is 3. The fourth-order valence-corrected chi connectivity index (χ4v) is 2.79. The number of nitrogens with zero attached hydrogens (tertiary/aromatic N) is 2. The predicted octanol–water partition coefficient (Wildman–Crippen LogP) is 2.25. The molecule has 0 aromatic heterocycles. The average Bonchev–Trinajstić information content (AvgIpc) is 2.67. The van der Waals surface area contributed by atoms with Gasteiger partial charge >= 0.3 is 0 Å². The lowest BCUT2D eigenvalue weighted by Gasteiger charge is -2.32. The van der Waals surface area contributed by atoms with Gasteiger partial charge in [-0.05, 0) is 58.3 Å². The van der Waals surface area contributed by atoms with Crippen molar-refractivity contribution in [3.63, 3.8) is 0 Å². The van der Waals surface area contributed by atoms with Gasteiger partial charge in [0.25, 0.3) is 5.91 Å². The third-order valence-electron chi connectivity index (χ3n) is 4.28. The molecule has 1 heterocycles. The first kappa shape index (κ1) is 16.9. The summed E-state index contributed by atoms with van der Waals surface area (Å²) in [7, 11) is 4.09. The van der Waals surface area contributed by atoms with Crippen molar-refractivity contribution in [2.45, 2.75) is 19.4 Å². The zero-order valence-electron chi connectivity index (χ0n) is 13.6. The summed E-state index contributed by atoms with van der Waals surface area (Å²) in [6.45, 7) is 4.86. The molecule has 1 aromatic carbocycles. The van der Waals surface area contributed by atoms with E-state index in [0.29, 0.717) is 31.2 Å². The van der Waals surface area contributed by atoms with Gasteiger partial charge in [-0.25, -0.2) is 4.39 Å². The predicted molar refractivity (Wildman–Crippen MR) is 84.4 cm³/mol. The van der Waals surface area contributed by atoms with Gasteiger partial charge in [0.05, 0.1) is 13.2 Å². The molecule has 1 fully saturated rings. The number of ether oxygens (including phenoxy) is 1. The number of rotatable bonds is 4. The summed E-state index contributed by atoms with van der Waals surface area (Å²) >= 11 is 0. The summed E-state index contributed by atoms with van der Waals surface area (Å²) in [5.41, 5.74) is 0.529. The SMILES string of the molecule is C[C@H]1[C@H](CCN(C)C)COCCN1C(=O)c1ccc(F)cc1. The van der Waals surface area contributed by atoms with Crippen LogP contribution in [0, 0.1) is 11.7 Å². The minimum absolute atomic E-state index is 0.0483. The Kier molecular flexibility index (Phi) is 5.91. The number of amides is 1. The standard InChI is InChI=1S/C17H25FN2O2/c1-13-15(8-9-19(2)3)12-22-11-10-20(13)17(21)14-4-6-16(18)7-5-14/h4-7,13,15H,8-12H2,1-3H3/t13-,15+/m0/s1. The van der Waals surface area contributed by atoms with Crippen LogP contribution in [-0.2, 0) is 4.74 Å². The fraction of sp³-hybridized carbons (Fsp3) is 0.588. The van der Waals surface area contributed by atoms with E-state index >= 15 is 0 Å². The van der Waals surface area contributed by atoms with Gasteiger partial charge in [-0.3, -0.25) is 4.79 Å². The number of halogens is 1. The zero-order valence-corrected chi connectivity index (χ0v) is 13.6. The molecule has 0 aliphatic carbocycles. The molecular weight excluding hydrogens is 283 g/mol. The fourth-order valence-electron chi connectivity index (χ4n) is 2.79. The van der Waals surface area contributed by atoms with Crippen LogP contribution in [0.1, 0.15) is 23.7 Å². The van der Waals surface area contributed by atoms with E-state index in [-0.39, 0.29) is 17.8 Å². The van der Waals surface area contributed by atoms with E-state index < -0.39 is 0 Å².